The van der Waals surface area contributed by atoms with Gasteiger partial charge < -0.3 is 10.1 Å². The van der Waals surface area contributed by atoms with Crippen LogP contribution in [0.25, 0.3) is 0 Å². The van der Waals surface area contributed by atoms with Crippen LogP contribution in [0.1, 0.15) is 40.2 Å². The fourth-order valence-corrected chi connectivity index (χ4v) is 6.86. The van der Waals surface area contributed by atoms with E-state index in [0.29, 0.717) is 27.9 Å². The van der Waals surface area contributed by atoms with Crippen LogP contribution < -0.4 is 10.2 Å². The monoisotopic (exact) mass is 542 g/mol. The molecule has 1 aliphatic heterocycles. The van der Waals surface area contributed by atoms with Gasteiger partial charge in [-0.25, -0.2) is 4.79 Å². The van der Waals surface area contributed by atoms with Crippen LogP contribution in [0.4, 0.5) is 11.4 Å². The van der Waals surface area contributed by atoms with Gasteiger partial charge in [0, 0.05) is 10.7 Å². The molecule has 0 unspecified atom stereocenters. The van der Waals surface area contributed by atoms with Crippen molar-refractivity contribution in [2.45, 2.75) is 25.7 Å². The molecule has 3 aliphatic rings. The maximum absolute atomic E-state index is 13.5. The van der Waals surface area contributed by atoms with E-state index < -0.39 is 18.5 Å². The SMILES string of the molecule is Cc1c(Cl)cccc1NC(=O)COC(=O)c1ccc(N2C(=O)[C@@H]3[C@@H]4C[C@@H]([C@@H]3C2=O)[C@H](c2ccccc2)C4)cc1. The van der Waals surface area contributed by atoms with E-state index in [1.165, 1.54) is 22.6 Å². The predicted molar refractivity (Wildman–Crippen MR) is 146 cm³/mol. The highest BCUT2D eigenvalue weighted by Gasteiger charge is 2.64. The molecule has 3 amide bonds. The molecule has 0 radical (unpaired) electrons. The number of ether oxygens (including phenoxy) is 1. The zero-order valence-electron chi connectivity index (χ0n) is 21.3. The second-order valence-electron chi connectivity index (χ2n) is 10.6. The number of fused-ring (bicyclic) bond motifs is 5. The lowest BCUT2D eigenvalue weighted by Gasteiger charge is -2.28. The maximum atomic E-state index is 13.5. The summed E-state index contributed by atoms with van der Waals surface area (Å²) < 4.78 is 5.16. The zero-order chi connectivity index (χ0) is 27.3. The lowest BCUT2D eigenvalue weighted by molar-refractivity contribution is -0.123. The van der Waals surface area contributed by atoms with Gasteiger partial charge in [-0.15, -0.1) is 0 Å². The van der Waals surface area contributed by atoms with Crippen LogP contribution in [-0.4, -0.2) is 30.3 Å². The number of carbonyl (C=O) groups is 4. The van der Waals surface area contributed by atoms with Crippen LogP contribution >= 0.6 is 11.6 Å². The molecule has 39 heavy (non-hydrogen) atoms. The van der Waals surface area contributed by atoms with E-state index in [0.717, 1.165) is 12.8 Å². The highest BCUT2D eigenvalue weighted by Crippen LogP contribution is 2.61. The molecular formula is C31H27ClN2O5. The van der Waals surface area contributed by atoms with Gasteiger partial charge in [0.1, 0.15) is 0 Å². The molecule has 1 heterocycles. The molecule has 0 spiro atoms. The Morgan fingerprint density at radius 1 is 0.923 bits per heavy atom. The minimum absolute atomic E-state index is 0.146. The molecule has 0 aromatic heterocycles. The van der Waals surface area contributed by atoms with Crippen molar-refractivity contribution < 1.29 is 23.9 Å². The Bertz CT molecular complexity index is 1470. The van der Waals surface area contributed by atoms with Gasteiger partial charge >= 0.3 is 5.97 Å². The second-order valence-corrected chi connectivity index (χ2v) is 11.0. The van der Waals surface area contributed by atoms with Crippen molar-refractivity contribution in [2.75, 3.05) is 16.8 Å². The minimum Gasteiger partial charge on any atom is -0.452 e. The van der Waals surface area contributed by atoms with E-state index >= 15 is 0 Å². The van der Waals surface area contributed by atoms with Crippen molar-refractivity contribution >= 4 is 46.7 Å². The standard InChI is InChI=1S/C31H27ClN2O5/c1-17-24(32)8-5-9-25(17)33-26(35)16-39-31(38)19-10-12-21(13-11-19)34-29(36)27-20-14-22(18-6-3-2-4-7-18)23(15-20)28(27)30(34)37/h2-13,20,22-23,27-28H,14-16H2,1H3,(H,33,35)/t20-,22-,23+,27+,28-/m0/s1. The first kappa shape index (κ1) is 25.3. The van der Waals surface area contributed by atoms with Gasteiger partial charge in [0.15, 0.2) is 6.61 Å². The molecule has 2 saturated carbocycles. The van der Waals surface area contributed by atoms with E-state index in [1.807, 2.05) is 18.2 Å². The van der Waals surface area contributed by atoms with Crippen LogP contribution in [0.5, 0.6) is 0 Å². The number of imide groups is 1. The Kier molecular flexibility index (Phi) is 6.47. The van der Waals surface area contributed by atoms with E-state index in [-0.39, 0.29) is 41.0 Å². The number of rotatable bonds is 6. The summed E-state index contributed by atoms with van der Waals surface area (Å²) in [5.74, 6) is -1.36. The molecule has 6 rings (SSSR count). The Hall–Kier alpha value is -3.97. The average Bonchev–Trinajstić information content (AvgIpc) is 3.62. The zero-order valence-corrected chi connectivity index (χ0v) is 22.1. The molecule has 3 aromatic carbocycles. The number of hydrogen-bond acceptors (Lipinski definition) is 5. The third-order valence-corrected chi connectivity index (χ3v) is 8.89. The normalized spacial score (nSPS) is 25.1. The third kappa shape index (κ3) is 4.40. The fraction of sp³-hybridized carbons (Fsp3) is 0.290. The number of benzene rings is 3. The number of amides is 3. The number of hydrogen-bond donors (Lipinski definition) is 1. The van der Waals surface area contributed by atoms with E-state index in [1.54, 1.807) is 37.3 Å². The highest BCUT2D eigenvalue weighted by molar-refractivity contribution is 6.31. The topological polar surface area (TPSA) is 92.8 Å². The Morgan fingerprint density at radius 3 is 2.38 bits per heavy atom. The first-order chi connectivity index (χ1) is 18.8. The molecular weight excluding hydrogens is 516 g/mol. The van der Waals surface area contributed by atoms with Gasteiger partial charge in [-0.1, -0.05) is 48.0 Å². The number of carbonyl (C=O) groups excluding carboxylic acids is 4. The van der Waals surface area contributed by atoms with Crippen molar-refractivity contribution in [1.29, 1.82) is 0 Å². The molecule has 1 N–H and O–H groups in total. The molecule has 8 heteroatoms. The quantitative estimate of drug-likeness (QED) is 0.334. The van der Waals surface area contributed by atoms with E-state index in [9.17, 15) is 19.2 Å². The Morgan fingerprint density at radius 2 is 1.64 bits per heavy atom. The van der Waals surface area contributed by atoms with Gasteiger partial charge in [0.2, 0.25) is 11.8 Å². The van der Waals surface area contributed by atoms with E-state index in [4.69, 9.17) is 16.3 Å². The highest BCUT2D eigenvalue weighted by atomic mass is 35.5. The fourth-order valence-electron chi connectivity index (χ4n) is 6.69. The van der Waals surface area contributed by atoms with Crippen LogP contribution in [0.2, 0.25) is 5.02 Å². The smallest absolute Gasteiger partial charge is 0.338 e. The molecule has 7 nitrogen and oxygen atoms in total. The first-order valence-electron chi connectivity index (χ1n) is 13.1. The van der Waals surface area contributed by atoms with E-state index in [2.05, 4.69) is 17.4 Å². The van der Waals surface area contributed by atoms with Crippen molar-refractivity contribution in [3.8, 4) is 0 Å². The molecule has 198 valence electrons. The van der Waals surface area contributed by atoms with Crippen molar-refractivity contribution in [2.24, 2.45) is 23.7 Å². The number of nitrogens with zero attached hydrogens (tertiary/aromatic N) is 1. The van der Waals surface area contributed by atoms with Crippen LogP contribution in [0.3, 0.4) is 0 Å². The maximum Gasteiger partial charge on any atom is 0.338 e. The van der Waals surface area contributed by atoms with Gasteiger partial charge in [0.25, 0.3) is 5.91 Å². The number of halogens is 1. The van der Waals surface area contributed by atoms with Crippen LogP contribution in [0, 0.1) is 30.6 Å². The lowest BCUT2D eigenvalue weighted by Crippen LogP contribution is -2.33. The molecule has 3 fully saturated rings. The summed E-state index contributed by atoms with van der Waals surface area (Å²) in [6.45, 7) is 1.31. The number of nitrogens with one attached hydrogen (secondary N) is 1. The van der Waals surface area contributed by atoms with Gasteiger partial charge in [-0.3, -0.25) is 19.3 Å². The summed E-state index contributed by atoms with van der Waals surface area (Å²) in [5, 5.41) is 3.20. The Labute approximate surface area is 231 Å². The van der Waals surface area contributed by atoms with Crippen LogP contribution in [-0.2, 0) is 19.1 Å². The summed E-state index contributed by atoms with van der Waals surface area (Å²) in [4.78, 5) is 53.0. The molecule has 3 aromatic rings. The molecule has 5 atom stereocenters. The third-order valence-electron chi connectivity index (χ3n) is 8.48. The average molecular weight is 543 g/mol. The largest absolute Gasteiger partial charge is 0.452 e. The lowest BCUT2D eigenvalue weighted by atomic mass is 9.73. The van der Waals surface area contributed by atoms with Gasteiger partial charge in [-0.05, 0) is 85.0 Å². The summed E-state index contributed by atoms with van der Waals surface area (Å²) in [6.07, 6.45) is 1.84. The van der Waals surface area contributed by atoms with Gasteiger partial charge in [0.05, 0.1) is 23.1 Å². The molecule has 1 saturated heterocycles. The summed E-state index contributed by atoms with van der Waals surface area (Å²) in [5.41, 5.74) is 3.16. The van der Waals surface area contributed by atoms with Gasteiger partial charge in [-0.2, -0.15) is 0 Å². The number of anilines is 2. The first-order valence-corrected chi connectivity index (χ1v) is 13.5. The van der Waals surface area contributed by atoms with Crippen molar-refractivity contribution in [3.05, 3.63) is 94.5 Å². The second kappa shape index (κ2) is 9.97. The van der Waals surface area contributed by atoms with Crippen molar-refractivity contribution in [3.63, 3.8) is 0 Å². The minimum atomic E-state index is -0.681. The van der Waals surface area contributed by atoms with Crippen molar-refractivity contribution in [1.82, 2.24) is 0 Å². The summed E-state index contributed by atoms with van der Waals surface area (Å²) >= 11 is 6.08. The predicted octanol–water partition coefficient (Wildman–Crippen LogP) is 5.37. The molecule has 2 bridgehead atoms. The number of esters is 1. The summed E-state index contributed by atoms with van der Waals surface area (Å²) in [7, 11) is 0. The molecule has 2 aliphatic carbocycles. The van der Waals surface area contributed by atoms with Crippen LogP contribution in [0.15, 0.2) is 72.8 Å². The Balaban J connectivity index is 1.10. The summed E-state index contributed by atoms with van der Waals surface area (Å²) in [6, 6.07) is 21.6.